The lowest BCUT2D eigenvalue weighted by molar-refractivity contribution is 0.0753. The third-order valence-electron chi connectivity index (χ3n) is 5.25. The summed E-state index contributed by atoms with van der Waals surface area (Å²) >= 11 is 1.58. The molecule has 1 amide bonds. The minimum absolute atomic E-state index is 0.0647. The van der Waals surface area contributed by atoms with Crippen LogP contribution in [0.25, 0.3) is 0 Å². The van der Waals surface area contributed by atoms with E-state index in [-0.39, 0.29) is 17.7 Å². The van der Waals surface area contributed by atoms with Crippen LogP contribution < -0.4 is 5.73 Å². The third-order valence-corrected chi connectivity index (χ3v) is 6.33. The Morgan fingerprint density at radius 2 is 2.07 bits per heavy atom. The van der Waals surface area contributed by atoms with E-state index in [2.05, 4.69) is 17.1 Å². The van der Waals surface area contributed by atoms with Crippen LogP contribution in [0.15, 0.2) is 64.4 Å². The number of carbonyl (C=O) groups is 1. The highest BCUT2D eigenvalue weighted by atomic mass is 32.2. The molecule has 1 aromatic carbocycles. The molecular formula is C21H24N4O2S. The summed E-state index contributed by atoms with van der Waals surface area (Å²) in [6.45, 7) is 1.89. The summed E-state index contributed by atoms with van der Waals surface area (Å²) in [7, 11) is 1.96. The highest BCUT2D eigenvalue weighted by Crippen LogP contribution is 2.33. The van der Waals surface area contributed by atoms with Crippen molar-refractivity contribution in [3.8, 4) is 0 Å². The number of aryl methyl sites for hydroxylation is 1. The van der Waals surface area contributed by atoms with E-state index in [0.29, 0.717) is 31.1 Å². The number of thioether (sulfide) groups is 1. The van der Waals surface area contributed by atoms with Crippen molar-refractivity contribution in [2.75, 3.05) is 19.6 Å². The van der Waals surface area contributed by atoms with Crippen LogP contribution in [0, 0.1) is 5.92 Å². The predicted molar refractivity (Wildman–Crippen MR) is 109 cm³/mol. The van der Waals surface area contributed by atoms with Gasteiger partial charge in [-0.15, -0.1) is 0 Å². The second-order valence-corrected chi connectivity index (χ2v) is 8.04. The van der Waals surface area contributed by atoms with Gasteiger partial charge in [-0.2, -0.15) is 0 Å². The molecule has 0 radical (unpaired) electrons. The minimum atomic E-state index is -0.0647. The molecule has 28 heavy (non-hydrogen) atoms. The van der Waals surface area contributed by atoms with Gasteiger partial charge in [0, 0.05) is 38.4 Å². The molecule has 7 heteroatoms. The second kappa shape index (κ2) is 8.24. The molecule has 1 aliphatic rings. The zero-order valence-electron chi connectivity index (χ0n) is 15.8. The van der Waals surface area contributed by atoms with Gasteiger partial charge in [-0.05, 0) is 30.2 Å². The number of imidazole rings is 1. The Bertz CT molecular complexity index is 937. The van der Waals surface area contributed by atoms with E-state index >= 15 is 0 Å². The highest BCUT2D eigenvalue weighted by molar-refractivity contribution is 7.98. The quantitative estimate of drug-likeness (QED) is 0.648. The molecule has 2 N–H and O–H groups in total. The van der Waals surface area contributed by atoms with E-state index in [4.69, 9.17) is 10.2 Å². The molecule has 6 nitrogen and oxygen atoms in total. The molecule has 0 saturated carbocycles. The summed E-state index contributed by atoms with van der Waals surface area (Å²) in [4.78, 5) is 19.1. The maximum absolute atomic E-state index is 13.0. The third kappa shape index (κ3) is 3.86. The van der Waals surface area contributed by atoms with Gasteiger partial charge in [0.1, 0.15) is 5.76 Å². The summed E-state index contributed by atoms with van der Waals surface area (Å²) in [6.07, 6.45) is 3.67. The summed E-state index contributed by atoms with van der Waals surface area (Å²) in [5.74, 6) is 2.26. The molecule has 0 unspecified atom stereocenters. The first-order chi connectivity index (χ1) is 13.7. The van der Waals surface area contributed by atoms with Crippen molar-refractivity contribution in [2.45, 2.75) is 16.8 Å². The monoisotopic (exact) mass is 396 g/mol. The Morgan fingerprint density at radius 1 is 1.25 bits per heavy atom. The van der Waals surface area contributed by atoms with Crippen LogP contribution in [-0.2, 0) is 12.8 Å². The average molecular weight is 397 g/mol. The Balaban J connectivity index is 1.42. The number of carbonyl (C=O) groups excluding carboxylic acids is 1. The van der Waals surface area contributed by atoms with Gasteiger partial charge in [0.05, 0.1) is 5.75 Å². The van der Waals surface area contributed by atoms with Crippen LogP contribution in [-0.4, -0.2) is 40.0 Å². The van der Waals surface area contributed by atoms with Gasteiger partial charge in [0.25, 0.3) is 5.91 Å². The van der Waals surface area contributed by atoms with Gasteiger partial charge < -0.3 is 19.6 Å². The van der Waals surface area contributed by atoms with Crippen molar-refractivity contribution >= 4 is 17.7 Å². The molecule has 146 valence electrons. The fourth-order valence-corrected chi connectivity index (χ4v) is 4.53. The van der Waals surface area contributed by atoms with Crippen LogP contribution in [0.3, 0.4) is 0 Å². The normalized spacial score (nSPS) is 19.3. The van der Waals surface area contributed by atoms with Crippen molar-refractivity contribution in [3.05, 3.63) is 71.9 Å². The molecular weight excluding hydrogens is 372 g/mol. The molecule has 1 aliphatic heterocycles. The van der Waals surface area contributed by atoms with Crippen molar-refractivity contribution in [3.63, 3.8) is 0 Å². The van der Waals surface area contributed by atoms with Crippen molar-refractivity contribution in [1.29, 1.82) is 0 Å². The van der Waals surface area contributed by atoms with E-state index in [1.807, 2.05) is 47.0 Å². The number of nitrogens with zero attached hydrogens (tertiary/aromatic N) is 3. The smallest absolute Gasteiger partial charge is 0.289 e. The first-order valence-corrected chi connectivity index (χ1v) is 10.4. The van der Waals surface area contributed by atoms with Gasteiger partial charge in [0.2, 0.25) is 0 Å². The summed E-state index contributed by atoms with van der Waals surface area (Å²) in [6, 6.07) is 13.9. The molecule has 3 aromatic rings. The molecule has 2 atom stereocenters. The summed E-state index contributed by atoms with van der Waals surface area (Å²) in [5.41, 5.74) is 7.23. The Labute approximate surface area is 168 Å². The highest BCUT2D eigenvalue weighted by Gasteiger charge is 2.36. The molecule has 3 heterocycles. The van der Waals surface area contributed by atoms with E-state index in [1.54, 1.807) is 24.0 Å². The zero-order valence-corrected chi connectivity index (χ0v) is 16.6. The topological polar surface area (TPSA) is 77.3 Å². The largest absolute Gasteiger partial charge is 0.455 e. The fraction of sp³-hybridized carbons (Fsp3) is 0.333. The standard InChI is InChI=1S/C21H24N4O2S/c1-24-10-9-23-21(24)28-14-17-7-8-19(27-17)20(26)25-12-16(11-22)18(13-25)15-5-3-2-4-6-15/h2-10,16,18H,11-14,22H2,1H3/t16-,18+/m1/s1. The van der Waals surface area contributed by atoms with Crippen molar-refractivity contribution in [1.82, 2.24) is 14.5 Å². The molecule has 2 aromatic heterocycles. The number of aromatic nitrogens is 2. The summed E-state index contributed by atoms with van der Waals surface area (Å²) < 4.78 is 7.78. The first kappa shape index (κ1) is 18.8. The molecule has 1 fully saturated rings. The maximum Gasteiger partial charge on any atom is 0.289 e. The number of hydrogen-bond acceptors (Lipinski definition) is 5. The van der Waals surface area contributed by atoms with Crippen LogP contribution in [0.5, 0.6) is 0 Å². The number of nitrogens with two attached hydrogens (primary N) is 1. The molecule has 0 spiro atoms. The van der Waals surface area contributed by atoms with Crippen LogP contribution in [0.4, 0.5) is 0 Å². The lowest BCUT2D eigenvalue weighted by atomic mass is 9.89. The van der Waals surface area contributed by atoms with Gasteiger partial charge in [-0.3, -0.25) is 4.79 Å². The van der Waals surface area contributed by atoms with E-state index < -0.39 is 0 Å². The zero-order chi connectivity index (χ0) is 19.5. The molecule has 4 rings (SSSR count). The molecule has 0 aliphatic carbocycles. The fourth-order valence-electron chi connectivity index (χ4n) is 3.71. The number of benzene rings is 1. The number of furan rings is 1. The van der Waals surface area contributed by atoms with E-state index in [9.17, 15) is 4.79 Å². The van der Waals surface area contributed by atoms with Crippen molar-refractivity contribution in [2.24, 2.45) is 18.7 Å². The lowest BCUT2D eigenvalue weighted by Gasteiger charge is -2.16. The number of rotatable bonds is 6. The minimum Gasteiger partial charge on any atom is -0.455 e. The SMILES string of the molecule is Cn1ccnc1SCc1ccc(C(=O)N2C[C@@H](CN)[C@H](c3ccccc3)C2)o1. The van der Waals surface area contributed by atoms with Gasteiger partial charge in [-0.1, -0.05) is 42.1 Å². The Hall–Kier alpha value is -2.51. The van der Waals surface area contributed by atoms with E-state index in [0.717, 1.165) is 10.9 Å². The number of likely N-dealkylation sites (tertiary alicyclic amines) is 1. The van der Waals surface area contributed by atoms with E-state index in [1.165, 1.54) is 5.56 Å². The van der Waals surface area contributed by atoms with Crippen LogP contribution >= 0.6 is 11.8 Å². The van der Waals surface area contributed by atoms with Crippen LogP contribution in [0.2, 0.25) is 0 Å². The number of hydrogen-bond donors (Lipinski definition) is 1. The van der Waals surface area contributed by atoms with Gasteiger partial charge in [0.15, 0.2) is 10.9 Å². The Kier molecular flexibility index (Phi) is 5.54. The predicted octanol–water partition coefficient (Wildman–Crippen LogP) is 3.12. The van der Waals surface area contributed by atoms with Gasteiger partial charge >= 0.3 is 0 Å². The lowest BCUT2D eigenvalue weighted by Crippen LogP contribution is -2.29. The number of amides is 1. The Morgan fingerprint density at radius 3 is 2.79 bits per heavy atom. The van der Waals surface area contributed by atoms with Crippen LogP contribution in [0.1, 0.15) is 27.8 Å². The first-order valence-electron chi connectivity index (χ1n) is 9.39. The van der Waals surface area contributed by atoms with Gasteiger partial charge in [-0.25, -0.2) is 4.98 Å². The second-order valence-electron chi connectivity index (χ2n) is 7.10. The average Bonchev–Trinajstić information content (AvgIpc) is 3.46. The molecule has 0 bridgehead atoms. The molecule has 1 saturated heterocycles. The van der Waals surface area contributed by atoms with Crippen molar-refractivity contribution < 1.29 is 9.21 Å². The summed E-state index contributed by atoms with van der Waals surface area (Å²) in [5, 5.41) is 0.917. The maximum atomic E-state index is 13.0.